The second-order valence-electron chi connectivity index (χ2n) is 4.61. The monoisotopic (exact) mass is 286 g/mol. The van der Waals surface area contributed by atoms with Crippen LogP contribution in [0.3, 0.4) is 0 Å². The van der Waals surface area contributed by atoms with Crippen molar-refractivity contribution in [2.75, 3.05) is 16.8 Å². The first kappa shape index (κ1) is 12.9. The summed E-state index contributed by atoms with van der Waals surface area (Å²) in [4.78, 5) is 28.1. The Morgan fingerprint density at radius 1 is 1.15 bits per heavy atom. The van der Waals surface area contributed by atoms with Crippen molar-refractivity contribution in [2.24, 2.45) is 0 Å². The summed E-state index contributed by atoms with van der Waals surface area (Å²) in [5, 5.41) is 3.66. The quantitative estimate of drug-likeness (QED) is 0.806. The van der Waals surface area contributed by atoms with E-state index in [0.29, 0.717) is 17.7 Å². The number of anilines is 3. The van der Waals surface area contributed by atoms with Crippen LogP contribution in [-0.4, -0.2) is 18.9 Å². The molecule has 5 heteroatoms. The number of thiophene rings is 1. The third-order valence-corrected chi connectivity index (χ3v) is 4.18. The van der Waals surface area contributed by atoms with Crippen molar-refractivity contribution < 1.29 is 9.59 Å². The van der Waals surface area contributed by atoms with Gasteiger partial charge >= 0.3 is 0 Å². The lowest BCUT2D eigenvalue weighted by atomic mass is 10.2. The molecule has 3 rings (SSSR count). The average molecular weight is 286 g/mol. The second kappa shape index (κ2) is 4.76. The van der Waals surface area contributed by atoms with Gasteiger partial charge in [0.15, 0.2) is 0 Å². The van der Waals surface area contributed by atoms with Gasteiger partial charge in [-0.3, -0.25) is 14.5 Å². The lowest BCUT2D eigenvalue weighted by molar-refractivity contribution is -0.117. The highest BCUT2D eigenvalue weighted by Gasteiger charge is 2.31. The van der Waals surface area contributed by atoms with Crippen molar-refractivity contribution >= 4 is 40.2 Å². The van der Waals surface area contributed by atoms with Crippen LogP contribution in [-0.2, 0) is 4.79 Å². The Morgan fingerprint density at radius 3 is 2.55 bits per heavy atom. The zero-order chi connectivity index (χ0) is 14.3. The average Bonchev–Trinajstić information content (AvgIpc) is 2.92. The number of hydrogen-bond donors (Lipinski definition) is 0. The summed E-state index contributed by atoms with van der Waals surface area (Å²) >= 11 is 1.44. The number of carbonyl (C=O) groups is 2. The van der Waals surface area contributed by atoms with E-state index < -0.39 is 0 Å². The fourth-order valence-corrected chi connectivity index (χ4v) is 3.19. The molecule has 0 saturated heterocycles. The minimum absolute atomic E-state index is 0.0137. The van der Waals surface area contributed by atoms with Gasteiger partial charge in [0, 0.05) is 24.2 Å². The van der Waals surface area contributed by atoms with Crippen molar-refractivity contribution in [3.8, 4) is 0 Å². The molecule has 1 aliphatic rings. The Kier molecular flexibility index (Phi) is 3.06. The Labute approximate surface area is 121 Å². The molecule has 1 aromatic carbocycles. The van der Waals surface area contributed by atoms with E-state index in [-0.39, 0.29) is 11.8 Å². The predicted octanol–water partition coefficient (Wildman–Crippen LogP) is 3.41. The molecule has 2 heterocycles. The van der Waals surface area contributed by atoms with E-state index in [0.717, 1.165) is 11.4 Å². The van der Waals surface area contributed by atoms with Crippen LogP contribution in [0.2, 0.25) is 0 Å². The molecule has 0 aliphatic carbocycles. The number of nitrogens with zero attached hydrogens (tertiary/aromatic N) is 2. The fraction of sp³-hybridized carbons (Fsp3) is 0.200. The first-order chi connectivity index (χ1) is 9.65. The SMILES string of the molecule is CCC(=O)N1c2cscc2C(=O)N(C)c2ccccc21. The highest BCUT2D eigenvalue weighted by molar-refractivity contribution is 7.08. The fourth-order valence-electron chi connectivity index (χ4n) is 2.41. The van der Waals surface area contributed by atoms with Crippen molar-refractivity contribution in [2.45, 2.75) is 13.3 Å². The van der Waals surface area contributed by atoms with Crippen molar-refractivity contribution in [1.29, 1.82) is 0 Å². The highest BCUT2D eigenvalue weighted by Crippen LogP contribution is 2.41. The van der Waals surface area contributed by atoms with Crippen molar-refractivity contribution in [3.05, 3.63) is 40.6 Å². The summed E-state index contributed by atoms with van der Waals surface area (Å²) in [6, 6.07) is 7.48. The van der Waals surface area contributed by atoms with Gasteiger partial charge in [0.1, 0.15) is 0 Å². The summed E-state index contributed by atoms with van der Waals surface area (Å²) in [5.74, 6) is -0.0969. The largest absolute Gasteiger partial charge is 0.309 e. The predicted molar refractivity (Wildman–Crippen MR) is 80.9 cm³/mol. The van der Waals surface area contributed by atoms with Crippen LogP contribution < -0.4 is 9.80 Å². The Balaban J connectivity index is 2.31. The number of fused-ring (bicyclic) bond motifs is 2. The normalized spacial score (nSPS) is 13.8. The summed E-state index contributed by atoms with van der Waals surface area (Å²) < 4.78 is 0. The molecule has 0 spiro atoms. The molecule has 1 aliphatic heterocycles. The summed E-state index contributed by atoms with van der Waals surface area (Å²) in [7, 11) is 1.74. The molecule has 0 atom stereocenters. The molecule has 0 N–H and O–H groups in total. The van der Waals surface area contributed by atoms with Crippen LogP contribution in [0.4, 0.5) is 17.1 Å². The molecule has 2 amide bonds. The molecular formula is C15H14N2O2S. The smallest absolute Gasteiger partial charge is 0.261 e. The van der Waals surface area contributed by atoms with Gasteiger partial charge in [-0.2, -0.15) is 0 Å². The summed E-state index contributed by atoms with van der Waals surface area (Å²) in [6.45, 7) is 1.83. The number of benzene rings is 1. The van der Waals surface area contributed by atoms with E-state index in [4.69, 9.17) is 0 Å². The molecule has 0 fully saturated rings. The first-order valence-electron chi connectivity index (χ1n) is 6.41. The van der Waals surface area contributed by atoms with E-state index in [1.807, 2.05) is 36.6 Å². The first-order valence-corrected chi connectivity index (χ1v) is 7.35. The highest BCUT2D eigenvalue weighted by atomic mass is 32.1. The van der Waals surface area contributed by atoms with E-state index in [1.54, 1.807) is 22.2 Å². The van der Waals surface area contributed by atoms with E-state index in [1.165, 1.54) is 11.3 Å². The molecule has 2 aromatic rings. The Hall–Kier alpha value is -2.14. The van der Waals surface area contributed by atoms with Crippen LogP contribution in [0.5, 0.6) is 0 Å². The van der Waals surface area contributed by atoms with Gasteiger partial charge < -0.3 is 4.90 Å². The molecule has 0 bridgehead atoms. The molecule has 0 radical (unpaired) electrons. The zero-order valence-corrected chi connectivity index (χ0v) is 12.1. The van der Waals surface area contributed by atoms with E-state index >= 15 is 0 Å². The van der Waals surface area contributed by atoms with Crippen LogP contribution >= 0.6 is 11.3 Å². The van der Waals surface area contributed by atoms with Gasteiger partial charge in [0.2, 0.25) is 5.91 Å². The Morgan fingerprint density at radius 2 is 1.85 bits per heavy atom. The zero-order valence-electron chi connectivity index (χ0n) is 11.3. The number of para-hydroxylation sites is 2. The molecule has 4 nitrogen and oxygen atoms in total. The molecule has 0 unspecified atom stereocenters. The lowest BCUT2D eigenvalue weighted by Crippen LogP contribution is -2.25. The van der Waals surface area contributed by atoms with Gasteiger partial charge in [-0.05, 0) is 12.1 Å². The summed E-state index contributed by atoms with van der Waals surface area (Å²) in [6.07, 6.45) is 0.390. The van der Waals surface area contributed by atoms with Crippen molar-refractivity contribution in [1.82, 2.24) is 0 Å². The van der Waals surface area contributed by atoms with Gasteiger partial charge in [-0.15, -0.1) is 11.3 Å². The number of carbonyl (C=O) groups excluding carboxylic acids is 2. The Bertz CT molecular complexity index is 693. The topological polar surface area (TPSA) is 40.6 Å². The number of rotatable bonds is 1. The van der Waals surface area contributed by atoms with Gasteiger partial charge in [0.25, 0.3) is 5.91 Å². The third-order valence-electron chi connectivity index (χ3n) is 3.45. The maximum absolute atomic E-state index is 12.5. The molecule has 0 saturated carbocycles. The van der Waals surface area contributed by atoms with E-state index in [2.05, 4.69) is 0 Å². The minimum atomic E-state index is -0.0832. The summed E-state index contributed by atoms with van der Waals surface area (Å²) in [5.41, 5.74) is 2.77. The standard InChI is InChI=1S/C15H14N2O2S/c1-3-14(18)17-12-7-5-4-6-11(12)16(2)15(19)10-8-20-9-13(10)17/h4-9H,3H2,1-2H3. The second-order valence-corrected chi connectivity index (χ2v) is 5.35. The molecule has 20 heavy (non-hydrogen) atoms. The number of hydrogen-bond acceptors (Lipinski definition) is 3. The van der Waals surface area contributed by atoms with E-state index in [9.17, 15) is 9.59 Å². The van der Waals surface area contributed by atoms with Crippen LogP contribution in [0.25, 0.3) is 0 Å². The van der Waals surface area contributed by atoms with Gasteiger partial charge in [0.05, 0.1) is 22.6 Å². The number of amides is 2. The molecule has 102 valence electrons. The minimum Gasteiger partial charge on any atom is -0.309 e. The molecular weight excluding hydrogens is 272 g/mol. The lowest BCUT2D eigenvalue weighted by Gasteiger charge is -2.23. The third kappa shape index (κ3) is 1.74. The molecule has 1 aromatic heterocycles. The van der Waals surface area contributed by atoms with Crippen LogP contribution in [0, 0.1) is 0 Å². The van der Waals surface area contributed by atoms with Crippen molar-refractivity contribution in [3.63, 3.8) is 0 Å². The van der Waals surface area contributed by atoms with Crippen LogP contribution in [0.1, 0.15) is 23.7 Å². The maximum Gasteiger partial charge on any atom is 0.261 e. The van der Waals surface area contributed by atoms with Gasteiger partial charge in [-0.25, -0.2) is 0 Å². The van der Waals surface area contributed by atoms with Gasteiger partial charge in [-0.1, -0.05) is 19.1 Å². The maximum atomic E-state index is 12.5. The van der Waals surface area contributed by atoms with Crippen LogP contribution in [0.15, 0.2) is 35.0 Å².